The number of anilines is 3. The van der Waals surface area contributed by atoms with Gasteiger partial charge in [0.1, 0.15) is 11.6 Å². The van der Waals surface area contributed by atoms with Crippen LogP contribution >= 0.6 is 0 Å². The van der Waals surface area contributed by atoms with E-state index in [-0.39, 0.29) is 5.91 Å². The van der Waals surface area contributed by atoms with Gasteiger partial charge in [0.25, 0.3) is 0 Å². The maximum atomic E-state index is 12.2. The summed E-state index contributed by atoms with van der Waals surface area (Å²) in [6.07, 6.45) is 1.98. The Hall–Kier alpha value is -3.34. The molecule has 0 aliphatic heterocycles. The molecule has 2 N–H and O–H groups in total. The zero-order chi connectivity index (χ0) is 19.1. The molecule has 5 nitrogen and oxygen atoms in total. The zero-order valence-electron chi connectivity index (χ0n) is 15.5. The number of nitrogens with one attached hydrogen (secondary N) is 2. The van der Waals surface area contributed by atoms with Gasteiger partial charge >= 0.3 is 0 Å². The number of carbonyl (C=O) groups excluding carboxylic acids is 1. The molecule has 0 bridgehead atoms. The van der Waals surface area contributed by atoms with Crippen LogP contribution in [0.4, 0.5) is 17.2 Å². The van der Waals surface area contributed by atoms with Crippen LogP contribution in [0.25, 0.3) is 0 Å². The first kappa shape index (κ1) is 18.5. The average Bonchev–Trinajstić information content (AvgIpc) is 2.67. The highest BCUT2D eigenvalue weighted by Gasteiger charge is 2.05. The predicted octanol–water partition coefficient (Wildman–Crippen LogP) is 4.71. The number of carbonyl (C=O) groups is 1. The van der Waals surface area contributed by atoms with Crippen LogP contribution in [-0.2, 0) is 11.2 Å². The molecule has 138 valence electrons. The van der Waals surface area contributed by atoms with Crippen molar-refractivity contribution in [3.05, 3.63) is 78.0 Å². The minimum atomic E-state index is -0.0622. The average molecular weight is 361 g/mol. The second kappa shape index (κ2) is 8.85. The highest BCUT2D eigenvalue weighted by atomic mass is 16.5. The summed E-state index contributed by atoms with van der Waals surface area (Å²) in [6, 6.07) is 19.3. The van der Waals surface area contributed by atoms with E-state index in [4.69, 9.17) is 4.74 Å². The first-order valence-electron chi connectivity index (χ1n) is 8.94. The molecule has 0 saturated carbocycles. The summed E-state index contributed by atoms with van der Waals surface area (Å²) in [6.45, 7) is 4.63. The molecule has 0 aliphatic rings. The second-order valence-corrected chi connectivity index (χ2v) is 6.23. The van der Waals surface area contributed by atoms with Crippen LogP contribution in [0.2, 0.25) is 0 Å². The summed E-state index contributed by atoms with van der Waals surface area (Å²) < 4.78 is 5.43. The number of pyridine rings is 1. The lowest BCUT2D eigenvalue weighted by molar-refractivity contribution is -0.115. The molecule has 1 amide bonds. The van der Waals surface area contributed by atoms with Gasteiger partial charge in [-0.15, -0.1) is 0 Å². The van der Waals surface area contributed by atoms with E-state index in [1.165, 1.54) is 5.56 Å². The Kier molecular flexibility index (Phi) is 6.05. The molecule has 0 aliphatic carbocycles. The smallest absolute Gasteiger partial charge is 0.228 e. The van der Waals surface area contributed by atoms with Gasteiger partial charge in [-0.25, -0.2) is 4.98 Å². The van der Waals surface area contributed by atoms with Crippen LogP contribution in [0.3, 0.4) is 0 Å². The summed E-state index contributed by atoms with van der Waals surface area (Å²) in [5.74, 6) is 1.48. The number of aryl methyl sites for hydroxylation is 1. The number of ether oxygens (including phenoxy) is 1. The quantitative estimate of drug-likeness (QED) is 0.639. The van der Waals surface area contributed by atoms with Crippen molar-refractivity contribution >= 4 is 23.1 Å². The van der Waals surface area contributed by atoms with E-state index in [9.17, 15) is 4.79 Å². The van der Waals surface area contributed by atoms with Crippen LogP contribution in [-0.4, -0.2) is 17.5 Å². The van der Waals surface area contributed by atoms with Crippen LogP contribution in [0.15, 0.2) is 66.9 Å². The van der Waals surface area contributed by atoms with Gasteiger partial charge in [0.2, 0.25) is 5.91 Å². The largest absolute Gasteiger partial charge is 0.494 e. The molecule has 3 aromatic rings. The molecule has 0 fully saturated rings. The maximum Gasteiger partial charge on any atom is 0.228 e. The molecule has 0 saturated heterocycles. The monoisotopic (exact) mass is 361 g/mol. The Morgan fingerprint density at radius 1 is 0.963 bits per heavy atom. The molecule has 5 heteroatoms. The first-order chi connectivity index (χ1) is 13.1. The fourth-order valence-corrected chi connectivity index (χ4v) is 2.59. The van der Waals surface area contributed by atoms with Crippen molar-refractivity contribution < 1.29 is 9.53 Å². The Labute approximate surface area is 159 Å². The Balaban J connectivity index is 1.54. The van der Waals surface area contributed by atoms with Crippen molar-refractivity contribution in [1.29, 1.82) is 0 Å². The predicted molar refractivity (Wildman–Crippen MR) is 109 cm³/mol. The maximum absolute atomic E-state index is 12.2. The fraction of sp³-hybridized carbons (Fsp3) is 0.182. The van der Waals surface area contributed by atoms with Crippen LogP contribution < -0.4 is 15.4 Å². The van der Waals surface area contributed by atoms with Gasteiger partial charge in [-0.1, -0.05) is 29.8 Å². The number of amides is 1. The number of nitrogens with zero attached hydrogens (tertiary/aromatic N) is 1. The van der Waals surface area contributed by atoms with Crippen molar-refractivity contribution in [1.82, 2.24) is 4.98 Å². The normalized spacial score (nSPS) is 10.3. The summed E-state index contributed by atoms with van der Waals surface area (Å²) in [5, 5.41) is 6.09. The van der Waals surface area contributed by atoms with E-state index in [0.29, 0.717) is 24.5 Å². The lowest BCUT2D eigenvalue weighted by atomic mass is 10.1. The van der Waals surface area contributed by atoms with Crippen molar-refractivity contribution in [2.45, 2.75) is 20.3 Å². The van der Waals surface area contributed by atoms with Crippen LogP contribution in [0, 0.1) is 6.92 Å². The molecule has 0 spiro atoms. The van der Waals surface area contributed by atoms with Gasteiger partial charge < -0.3 is 15.4 Å². The van der Waals surface area contributed by atoms with E-state index in [1.54, 1.807) is 6.20 Å². The number of hydrogen-bond donors (Lipinski definition) is 2. The number of aromatic nitrogens is 1. The standard InChI is InChI=1S/C22H23N3O2/c1-3-27-20-11-8-18(9-12-20)24-21-13-10-19(15-23-21)25-22(26)14-17-6-4-16(2)5-7-17/h4-13,15H,3,14H2,1-2H3,(H,23,24)(H,25,26). The fourth-order valence-electron chi connectivity index (χ4n) is 2.59. The van der Waals surface area contributed by atoms with Crippen molar-refractivity contribution in [2.75, 3.05) is 17.2 Å². The Bertz CT molecular complexity index is 873. The van der Waals surface area contributed by atoms with Crippen molar-refractivity contribution in [3.63, 3.8) is 0 Å². The third-order valence-corrected chi connectivity index (χ3v) is 3.97. The minimum absolute atomic E-state index is 0.0622. The number of hydrogen-bond acceptors (Lipinski definition) is 4. The zero-order valence-corrected chi connectivity index (χ0v) is 15.5. The van der Waals surface area contributed by atoms with E-state index < -0.39 is 0 Å². The highest BCUT2D eigenvalue weighted by Crippen LogP contribution is 2.20. The Morgan fingerprint density at radius 3 is 2.30 bits per heavy atom. The van der Waals surface area contributed by atoms with Crippen molar-refractivity contribution in [3.8, 4) is 5.75 Å². The topological polar surface area (TPSA) is 63.2 Å². The van der Waals surface area contributed by atoms with Gasteiger partial charge in [0.05, 0.1) is 24.9 Å². The molecule has 0 unspecified atom stereocenters. The van der Waals surface area contributed by atoms with Gasteiger partial charge in [0.15, 0.2) is 0 Å². The Morgan fingerprint density at radius 2 is 1.67 bits per heavy atom. The molecule has 0 radical (unpaired) electrons. The van der Waals surface area contributed by atoms with Crippen LogP contribution in [0.5, 0.6) is 5.75 Å². The van der Waals surface area contributed by atoms with Crippen LogP contribution in [0.1, 0.15) is 18.1 Å². The first-order valence-corrected chi connectivity index (χ1v) is 8.94. The van der Waals surface area contributed by atoms with Gasteiger partial charge in [0, 0.05) is 5.69 Å². The van der Waals surface area contributed by atoms with E-state index in [1.807, 2.05) is 74.5 Å². The second-order valence-electron chi connectivity index (χ2n) is 6.23. The molecule has 3 rings (SSSR count). The molecular formula is C22H23N3O2. The molecule has 1 aromatic heterocycles. The third kappa shape index (κ3) is 5.57. The SMILES string of the molecule is CCOc1ccc(Nc2ccc(NC(=O)Cc3ccc(C)cc3)cn2)cc1. The minimum Gasteiger partial charge on any atom is -0.494 e. The summed E-state index contributed by atoms with van der Waals surface area (Å²) in [7, 11) is 0. The third-order valence-electron chi connectivity index (χ3n) is 3.97. The van der Waals surface area contributed by atoms with Gasteiger partial charge in [-0.3, -0.25) is 4.79 Å². The molecule has 2 aromatic carbocycles. The number of benzene rings is 2. The van der Waals surface area contributed by atoms with E-state index in [0.717, 1.165) is 17.0 Å². The van der Waals surface area contributed by atoms with E-state index >= 15 is 0 Å². The lowest BCUT2D eigenvalue weighted by Crippen LogP contribution is -2.14. The van der Waals surface area contributed by atoms with E-state index in [2.05, 4.69) is 15.6 Å². The van der Waals surface area contributed by atoms with Gasteiger partial charge in [-0.2, -0.15) is 0 Å². The molecule has 1 heterocycles. The summed E-state index contributed by atoms with van der Waals surface area (Å²) >= 11 is 0. The molecular weight excluding hydrogens is 338 g/mol. The summed E-state index contributed by atoms with van der Waals surface area (Å²) in [5.41, 5.74) is 3.75. The molecule has 0 atom stereocenters. The number of rotatable bonds is 7. The summed E-state index contributed by atoms with van der Waals surface area (Å²) in [4.78, 5) is 16.5. The molecule has 27 heavy (non-hydrogen) atoms. The lowest BCUT2D eigenvalue weighted by Gasteiger charge is -2.09. The van der Waals surface area contributed by atoms with Crippen molar-refractivity contribution in [2.24, 2.45) is 0 Å². The highest BCUT2D eigenvalue weighted by molar-refractivity contribution is 5.92. The van der Waals surface area contributed by atoms with Gasteiger partial charge in [-0.05, 0) is 55.8 Å².